The summed E-state index contributed by atoms with van der Waals surface area (Å²) in [6.45, 7) is 5.65. The van der Waals surface area contributed by atoms with Crippen LogP contribution in [0.25, 0.3) is 11.1 Å². The van der Waals surface area contributed by atoms with Gasteiger partial charge in [0.1, 0.15) is 6.61 Å². The second-order valence-corrected chi connectivity index (χ2v) is 8.59. The van der Waals surface area contributed by atoms with Crippen LogP contribution in [-0.2, 0) is 14.3 Å². The Hall–Kier alpha value is -3.35. The average molecular weight is 439 g/mol. The van der Waals surface area contributed by atoms with Crippen LogP contribution in [0.2, 0.25) is 0 Å². The van der Waals surface area contributed by atoms with Gasteiger partial charge in [-0.2, -0.15) is 0 Å². The Balaban J connectivity index is 1.58. The number of ether oxygens (including phenoxy) is 1. The third-order valence-electron chi connectivity index (χ3n) is 5.75. The summed E-state index contributed by atoms with van der Waals surface area (Å²) >= 11 is 0. The Morgan fingerprint density at radius 1 is 0.906 bits per heavy atom. The zero-order valence-corrected chi connectivity index (χ0v) is 18.6. The van der Waals surface area contributed by atoms with E-state index in [1.54, 1.807) is 6.92 Å². The van der Waals surface area contributed by atoms with E-state index in [0.717, 1.165) is 22.3 Å². The third kappa shape index (κ3) is 5.66. The molecule has 170 valence electrons. The van der Waals surface area contributed by atoms with Gasteiger partial charge in [-0.05, 0) is 35.1 Å². The first-order valence-electron chi connectivity index (χ1n) is 10.9. The number of amides is 2. The highest BCUT2D eigenvalue weighted by atomic mass is 16.5. The fraction of sp³-hybridized carbons (Fsp3) is 0.400. The zero-order valence-electron chi connectivity index (χ0n) is 18.6. The van der Waals surface area contributed by atoms with Crippen molar-refractivity contribution < 1.29 is 24.2 Å². The molecule has 2 atom stereocenters. The van der Waals surface area contributed by atoms with Crippen molar-refractivity contribution >= 4 is 18.0 Å². The second-order valence-electron chi connectivity index (χ2n) is 8.59. The molecule has 0 aliphatic heterocycles. The Morgan fingerprint density at radius 2 is 1.47 bits per heavy atom. The Bertz CT molecular complexity index is 942. The molecule has 0 fully saturated rings. The van der Waals surface area contributed by atoms with Crippen molar-refractivity contribution in [2.24, 2.45) is 5.92 Å². The van der Waals surface area contributed by atoms with Crippen molar-refractivity contribution in [1.29, 1.82) is 0 Å². The number of hydrogen-bond donors (Lipinski definition) is 3. The molecule has 32 heavy (non-hydrogen) atoms. The number of carboxylic acids is 1. The molecular weight excluding hydrogens is 408 g/mol. The summed E-state index contributed by atoms with van der Waals surface area (Å²) in [6, 6.07) is 15.3. The smallest absolute Gasteiger partial charge is 0.407 e. The molecule has 0 spiro atoms. The van der Waals surface area contributed by atoms with Crippen LogP contribution in [0, 0.1) is 5.92 Å². The van der Waals surface area contributed by atoms with Crippen LogP contribution in [0.3, 0.4) is 0 Å². The lowest BCUT2D eigenvalue weighted by atomic mass is 9.98. The van der Waals surface area contributed by atoms with E-state index in [9.17, 15) is 14.4 Å². The summed E-state index contributed by atoms with van der Waals surface area (Å²) in [6.07, 6.45) is -0.680. The molecule has 0 radical (unpaired) electrons. The number of alkyl carbamates (subject to hydrolysis) is 1. The standard InChI is InChI=1S/C25H30N2O5/c1-15(2)22(13-23(28)26-16(3)12-24(29)30)27-25(31)32-14-21-19-10-6-4-8-17(19)18-9-5-7-11-20(18)21/h4-11,15-16,21-22H,12-14H2,1-3H3,(H,26,28)(H,27,31)(H,29,30)/t16-,22+/m1/s1. The van der Waals surface area contributed by atoms with E-state index < -0.39 is 24.1 Å². The number of benzene rings is 2. The number of hydrogen-bond acceptors (Lipinski definition) is 4. The molecule has 2 aromatic carbocycles. The monoisotopic (exact) mass is 438 g/mol. The number of carboxylic acid groups (broad SMARTS) is 1. The summed E-state index contributed by atoms with van der Waals surface area (Å²) in [4.78, 5) is 35.6. The van der Waals surface area contributed by atoms with Crippen LogP contribution in [-0.4, -0.2) is 41.8 Å². The largest absolute Gasteiger partial charge is 0.481 e. The number of fused-ring (bicyclic) bond motifs is 3. The highest BCUT2D eigenvalue weighted by Crippen LogP contribution is 2.44. The van der Waals surface area contributed by atoms with Gasteiger partial charge in [-0.25, -0.2) is 4.79 Å². The van der Waals surface area contributed by atoms with Gasteiger partial charge in [0.2, 0.25) is 5.91 Å². The number of nitrogens with one attached hydrogen (secondary N) is 2. The maximum absolute atomic E-state index is 12.5. The van der Waals surface area contributed by atoms with Gasteiger partial charge in [-0.3, -0.25) is 9.59 Å². The van der Waals surface area contributed by atoms with Crippen LogP contribution in [0.5, 0.6) is 0 Å². The Morgan fingerprint density at radius 3 is 2.00 bits per heavy atom. The molecule has 0 bridgehead atoms. The minimum Gasteiger partial charge on any atom is -0.481 e. The number of carbonyl (C=O) groups is 3. The average Bonchev–Trinajstić information content (AvgIpc) is 3.05. The lowest BCUT2D eigenvalue weighted by molar-refractivity contribution is -0.137. The molecular formula is C25H30N2O5. The molecule has 1 aliphatic rings. The SMILES string of the molecule is CC(C)[C@H](CC(=O)N[C@H](C)CC(=O)O)NC(=O)OCC1c2ccccc2-c2ccccc21. The van der Waals surface area contributed by atoms with Gasteiger partial charge >= 0.3 is 12.1 Å². The van der Waals surface area contributed by atoms with Crippen molar-refractivity contribution in [2.75, 3.05) is 6.61 Å². The van der Waals surface area contributed by atoms with E-state index in [1.165, 1.54) is 0 Å². The van der Waals surface area contributed by atoms with Gasteiger partial charge in [0, 0.05) is 24.4 Å². The minimum atomic E-state index is -0.977. The lowest BCUT2D eigenvalue weighted by Crippen LogP contribution is -2.44. The van der Waals surface area contributed by atoms with Crippen molar-refractivity contribution in [3.8, 4) is 11.1 Å². The molecule has 2 amide bonds. The van der Waals surface area contributed by atoms with Gasteiger partial charge in [-0.1, -0.05) is 62.4 Å². The van der Waals surface area contributed by atoms with E-state index in [4.69, 9.17) is 9.84 Å². The molecule has 3 rings (SSSR count). The Labute approximate surface area is 188 Å². The Kier molecular flexibility index (Phi) is 7.51. The van der Waals surface area contributed by atoms with Gasteiger partial charge in [0.15, 0.2) is 0 Å². The highest BCUT2D eigenvalue weighted by Gasteiger charge is 2.29. The maximum Gasteiger partial charge on any atom is 0.407 e. The third-order valence-corrected chi connectivity index (χ3v) is 5.75. The van der Waals surface area contributed by atoms with Crippen molar-refractivity contribution in [3.63, 3.8) is 0 Å². The van der Waals surface area contributed by atoms with Gasteiger partial charge in [0.05, 0.1) is 6.42 Å². The molecule has 7 heteroatoms. The number of rotatable bonds is 9. The van der Waals surface area contributed by atoms with E-state index in [1.807, 2.05) is 38.1 Å². The number of aliphatic carboxylic acids is 1. The van der Waals surface area contributed by atoms with E-state index >= 15 is 0 Å². The fourth-order valence-corrected chi connectivity index (χ4v) is 4.09. The van der Waals surface area contributed by atoms with Crippen LogP contribution in [0.4, 0.5) is 4.79 Å². The van der Waals surface area contributed by atoms with Crippen LogP contribution >= 0.6 is 0 Å². The zero-order chi connectivity index (χ0) is 23.3. The van der Waals surface area contributed by atoms with Gasteiger partial charge in [-0.15, -0.1) is 0 Å². The second kappa shape index (κ2) is 10.3. The lowest BCUT2D eigenvalue weighted by Gasteiger charge is -2.23. The molecule has 7 nitrogen and oxygen atoms in total. The van der Waals surface area contributed by atoms with Gasteiger partial charge in [0.25, 0.3) is 0 Å². The van der Waals surface area contributed by atoms with Crippen LogP contribution in [0.15, 0.2) is 48.5 Å². The maximum atomic E-state index is 12.5. The first kappa shape index (κ1) is 23.3. The molecule has 0 heterocycles. The molecule has 0 unspecified atom stereocenters. The van der Waals surface area contributed by atoms with Crippen molar-refractivity contribution in [1.82, 2.24) is 10.6 Å². The number of carbonyl (C=O) groups excluding carboxylic acids is 2. The summed E-state index contributed by atoms with van der Waals surface area (Å²) < 4.78 is 5.58. The molecule has 0 aromatic heterocycles. The molecule has 2 aromatic rings. The van der Waals surface area contributed by atoms with Gasteiger partial charge < -0.3 is 20.5 Å². The van der Waals surface area contributed by atoms with E-state index in [-0.39, 0.29) is 37.2 Å². The van der Waals surface area contributed by atoms with Crippen LogP contribution in [0.1, 0.15) is 50.7 Å². The normalized spacial score (nSPS) is 14.2. The molecule has 3 N–H and O–H groups in total. The van der Waals surface area contributed by atoms with Crippen molar-refractivity contribution in [3.05, 3.63) is 59.7 Å². The summed E-state index contributed by atoms with van der Waals surface area (Å²) in [5.41, 5.74) is 4.58. The molecule has 1 aliphatic carbocycles. The van der Waals surface area contributed by atoms with E-state index in [0.29, 0.717) is 0 Å². The topological polar surface area (TPSA) is 105 Å². The quantitative estimate of drug-likeness (QED) is 0.550. The van der Waals surface area contributed by atoms with E-state index in [2.05, 4.69) is 34.9 Å². The summed E-state index contributed by atoms with van der Waals surface area (Å²) in [7, 11) is 0. The predicted molar refractivity (Wildman–Crippen MR) is 121 cm³/mol. The first-order valence-corrected chi connectivity index (χ1v) is 10.9. The highest BCUT2D eigenvalue weighted by molar-refractivity contribution is 5.80. The predicted octanol–water partition coefficient (Wildman–Crippen LogP) is 3.92. The summed E-state index contributed by atoms with van der Waals surface area (Å²) in [5, 5.41) is 14.3. The minimum absolute atomic E-state index is 0.00369. The molecule has 0 saturated carbocycles. The summed E-state index contributed by atoms with van der Waals surface area (Å²) in [5.74, 6) is -1.33. The first-order chi connectivity index (χ1) is 15.3. The molecule has 0 saturated heterocycles. The fourth-order valence-electron chi connectivity index (χ4n) is 4.09. The van der Waals surface area contributed by atoms with Crippen LogP contribution < -0.4 is 10.6 Å². The van der Waals surface area contributed by atoms with Crippen molar-refractivity contribution in [2.45, 2.75) is 51.6 Å².